The Labute approximate surface area is 143 Å². The summed E-state index contributed by atoms with van der Waals surface area (Å²) >= 11 is 0. The van der Waals surface area contributed by atoms with Gasteiger partial charge in [-0.2, -0.15) is 0 Å². The van der Waals surface area contributed by atoms with Crippen LogP contribution in [0.4, 0.5) is 0 Å². The fraction of sp³-hybridized carbons (Fsp3) is 0.474. The molecular formula is C19H27N3O2. The number of nitrogens with one attached hydrogen (secondary N) is 2. The van der Waals surface area contributed by atoms with Crippen molar-refractivity contribution >= 4 is 12.6 Å². The predicted octanol–water partition coefficient (Wildman–Crippen LogP) is 3.35. The molecule has 1 fully saturated rings. The second-order valence-corrected chi connectivity index (χ2v) is 6.78. The summed E-state index contributed by atoms with van der Waals surface area (Å²) in [5.41, 5.74) is 2.52. The summed E-state index contributed by atoms with van der Waals surface area (Å²) in [6, 6.07) is 3.75. The highest BCUT2D eigenvalue weighted by Gasteiger charge is 2.38. The topological polar surface area (TPSA) is 66.6 Å². The van der Waals surface area contributed by atoms with Crippen LogP contribution in [0.1, 0.15) is 46.3 Å². The van der Waals surface area contributed by atoms with Crippen LogP contribution in [0.25, 0.3) is 0 Å². The van der Waals surface area contributed by atoms with Gasteiger partial charge in [-0.25, -0.2) is 4.99 Å². The Hall–Kier alpha value is -2.30. The Balaban J connectivity index is 2.08. The van der Waals surface area contributed by atoms with Gasteiger partial charge < -0.3 is 15.1 Å². The molecule has 1 aliphatic carbocycles. The molecule has 5 nitrogen and oxygen atoms in total. The van der Waals surface area contributed by atoms with Crippen LogP contribution in [0.2, 0.25) is 0 Å². The van der Waals surface area contributed by atoms with E-state index in [1.54, 1.807) is 6.26 Å². The fourth-order valence-electron chi connectivity index (χ4n) is 2.58. The van der Waals surface area contributed by atoms with Crippen molar-refractivity contribution in [2.75, 3.05) is 6.54 Å². The van der Waals surface area contributed by atoms with Crippen LogP contribution in [-0.2, 0) is 11.2 Å². The summed E-state index contributed by atoms with van der Waals surface area (Å²) in [5, 5.41) is 6.37. The van der Waals surface area contributed by atoms with E-state index in [1.165, 1.54) is 0 Å². The molecule has 0 bridgehead atoms. The quantitative estimate of drug-likeness (QED) is 0.437. The van der Waals surface area contributed by atoms with Crippen molar-refractivity contribution in [2.24, 2.45) is 4.99 Å². The minimum atomic E-state index is -0.0945. The van der Waals surface area contributed by atoms with E-state index < -0.39 is 0 Å². The molecule has 1 heterocycles. The van der Waals surface area contributed by atoms with Crippen molar-refractivity contribution < 1.29 is 9.21 Å². The molecule has 1 aromatic rings. The number of nitrogens with zero attached hydrogens (tertiary/aromatic N) is 1. The maximum Gasteiger partial charge on any atom is 0.251 e. The zero-order chi connectivity index (χ0) is 17.7. The van der Waals surface area contributed by atoms with E-state index in [4.69, 9.17) is 4.42 Å². The monoisotopic (exact) mass is 329 g/mol. The third kappa shape index (κ3) is 4.60. The van der Waals surface area contributed by atoms with Crippen molar-refractivity contribution in [3.63, 3.8) is 0 Å². The maximum atomic E-state index is 12.6. The van der Waals surface area contributed by atoms with Gasteiger partial charge in [0.05, 0.1) is 6.26 Å². The number of hydrogen-bond donors (Lipinski definition) is 2. The molecule has 1 aromatic heterocycles. The fourth-order valence-corrected chi connectivity index (χ4v) is 2.58. The van der Waals surface area contributed by atoms with Crippen molar-refractivity contribution in [2.45, 2.75) is 52.5 Å². The first kappa shape index (κ1) is 18.0. The molecule has 0 aliphatic heterocycles. The van der Waals surface area contributed by atoms with Crippen LogP contribution in [0, 0.1) is 0 Å². The molecule has 130 valence electrons. The summed E-state index contributed by atoms with van der Waals surface area (Å²) in [7, 11) is 0. The first-order valence-electron chi connectivity index (χ1n) is 8.30. The molecule has 0 atom stereocenters. The van der Waals surface area contributed by atoms with Crippen LogP contribution in [-0.4, -0.2) is 24.7 Å². The molecule has 0 unspecified atom stereocenters. The highest BCUT2D eigenvalue weighted by Crippen LogP contribution is 2.36. The van der Waals surface area contributed by atoms with Crippen molar-refractivity contribution in [1.29, 1.82) is 0 Å². The first-order valence-corrected chi connectivity index (χ1v) is 8.30. The molecule has 24 heavy (non-hydrogen) atoms. The van der Waals surface area contributed by atoms with Gasteiger partial charge in [0.15, 0.2) is 0 Å². The van der Waals surface area contributed by atoms with Crippen LogP contribution in [0.15, 0.2) is 50.3 Å². The Morgan fingerprint density at radius 3 is 2.58 bits per heavy atom. The number of furan rings is 1. The highest BCUT2D eigenvalue weighted by molar-refractivity contribution is 5.98. The van der Waals surface area contributed by atoms with E-state index in [-0.39, 0.29) is 11.4 Å². The minimum absolute atomic E-state index is 0.0836. The Morgan fingerprint density at radius 2 is 2.08 bits per heavy atom. The first-order chi connectivity index (χ1) is 11.4. The third-order valence-electron chi connectivity index (χ3n) is 4.27. The molecule has 0 saturated heterocycles. The molecule has 0 aromatic carbocycles. The van der Waals surface area contributed by atoms with Gasteiger partial charge in [-0.05, 0) is 59.4 Å². The molecule has 1 saturated carbocycles. The van der Waals surface area contributed by atoms with Gasteiger partial charge in [-0.3, -0.25) is 4.79 Å². The van der Waals surface area contributed by atoms with Crippen molar-refractivity contribution in [1.82, 2.24) is 10.6 Å². The zero-order valence-corrected chi connectivity index (χ0v) is 15.0. The predicted molar refractivity (Wildman–Crippen MR) is 96.8 cm³/mol. The SMILES string of the molecule is C=N/C(NC1(C)CC1)=C(\C)C(C(=O)NCCc1ccco1)=C(C)C. The summed E-state index contributed by atoms with van der Waals surface area (Å²) in [4.78, 5) is 16.7. The standard InChI is InChI=1S/C19H27N3O2/c1-13(2)16(14(3)17(20-5)22-19(4)9-10-19)18(23)21-11-8-15-7-6-12-24-15/h6-7,12,22H,5,8-11H2,1-4H3,(H,21,23)/b17-14-. The van der Waals surface area contributed by atoms with Crippen LogP contribution in [0.3, 0.4) is 0 Å². The Kier molecular flexibility index (Phi) is 5.65. The van der Waals surface area contributed by atoms with Gasteiger partial charge in [0, 0.05) is 29.7 Å². The van der Waals surface area contributed by atoms with E-state index in [2.05, 4.69) is 29.3 Å². The number of allylic oxidation sites excluding steroid dienone is 1. The van der Waals surface area contributed by atoms with Crippen LogP contribution >= 0.6 is 0 Å². The summed E-state index contributed by atoms with van der Waals surface area (Å²) in [6.07, 6.45) is 4.52. The van der Waals surface area contributed by atoms with Crippen molar-refractivity contribution in [3.8, 4) is 0 Å². The van der Waals surface area contributed by atoms with Gasteiger partial charge >= 0.3 is 0 Å². The highest BCUT2D eigenvalue weighted by atomic mass is 16.3. The Bertz CT molecular complexity index is 661. The van der Waals surface area contributed by atoms with E-state index in [0.717, 1.165) is 29.7 Å². The van der Waals surface area contributed by atoms with Crippen molar-refractivity contribution in [3.05, 3.63) is 46.7 Å². The summed E-state index contributed by atoms with van der Waals surface area (Å²) in [6.45, 7) is 12.1. The normalized spacial score (nSPS) is 16.0. The lowest BCUT2D eigenvalue weighted by atomic mass is 10.0. The molecule has 2 N–H and O–H groups in total. The van der Waals surface area contributed by atoms with E-state index in [1.807, 2.05) is 32.9 Å². The average molecular weight is 329 g/mol. The molecule has 1 aliphatic rings. The second-order valence-electron chi connectivity index (χ2n) is 6.78. The molecule has 0 spiro atoms. The number of aliphatic imine (C=N–C) groups is 1. The Morgan fingerprint density at radius 1 is 1.38 bits per heavy atom. The zero-order valence-electron chi connectivity index (χ0n) is 15.0. The van der Waals surface area contributed by atoms with Crippen LogP contribution in [0.5, 0.6) is 0 Å². The lowest BCUT2D eigenvalue weighted by Crippen LogP contribution is -2.31. The summed E-state index contributed by atoms with van der Waals surface area (Å²) < 4.78 is 5.28. The average Bonchev–Trinajstić information content (AvgIpc) is 3.03. The summed E-state index contributed by atoms with van der Waals surface area (Å²) in [5.74, 6) is 1.45. The number of carbonyl (C=O) groups is 1. The molecule has 0 radical (unpaired) electrons. The lowest BCUT2D eigenvalue weighted by molar-refractivity contribution is -0.117. The number of carbonyl (C=O) groups excluding carboxylic acids is 1. The molecule has 5 heteroatoms. The van der Waals surface area contributed by atoms with E-state index >= 15 is 0 Å². The van der Waals surface area contributed by atoms with Crippen LogP contribution < -0.4 is 10.6 Å². The third-order valence-corrected chi connectivity index (χ3v) is 4.27. The molecular weight excluding hydrogens is 302 g/mol. The second kappa shape index (κ2) is 7.51. The van der Waals surface area contributed by atoms with Gasteiger partial charge in [0.25, 0.3) is 5.91 Å². The minimum Gasteiger partial charge on any atom is -0.469 e. The number of rotatable bonds is 8. The maximum absolute atomic E-state index is 12.6. The largest absolute Gasteiger partial charge is 0.469 e. The van der Waals surface area contributed by atoms with Gasteiger partial charge in [-0.15, -0.1) is 0 Å². The van der Waals surface area contributed by atoms with Gasteiger partial charge in [-0.1, -0.05) is 5.57 Å². The lowest BCUT2D eigenvalue weighted by Gasteiger charge is -2.18. The molecule has 2 rings (SSSR count). The smallest absolute Gasteiger partial charge is 0.251 e. The van der Waals surface area contributed by atoms with Gasteiger partial charge in [0.2, 0.25) is 0 Å². The van der Waals surface area contributed by atoms with E-state index in [9.17, 15) is 4.79 Å². The number of amides is 1. The van der Waals surface area contributed by atoms with E-state index in [0.29, 0.717) is 24.4 Å². The van der Waals surface area contributed by atoms with Gasteiger partial charge in [0.1, 0.15) is 11.6 Å². The molecule has 1 amide bonds. The number of hydrogen-bond acceptors (Lipinski definition) is 4.